The first-order valence-corrected chi connectivity index (χ1v) is 6.85. The molecule has 2 aromatic carbocycles. The molecule has 0 saturated heterocycles. The molecule has 0 amide bonds. The van der Waals surface area contributed by atoms with Crippen LogP contribution in [0.15, 0.2) is 63.9 Å². The summed E-state index contributed by atoms with van der Waals surface area (Å²) in [5.41, 5.74) is 5.51. The average Bonchev–Trinajstić information content (AvgIpc) is 2.39. The number of sulfonamides is 1. The van der Waals surface area contributed by atoms with E-state index in [9.17, 15) is 12.8 Å². The van der Waals surface area contributed by atoms with Crippen LogP contribution in [0, 0.1) is 5.82 Å². The molecule has 0 spiro atoms. The third-order valence-electron chi connectivity index (χ3n) is 2.41. The average molecular weight is 278 g/mol. The topological polar surface area (TPSA) is 72.5 Å². The van der Waals surface area contributed by atoms with Gasteiger partial charge < -0.3 is 5.73 Å². The standard InChI is InChI=1S/C13H11FN2O2S/c14-12-9-5-4-8-11(12)13(15)16-19(17,18)10-6-2-1-3-7-10/h1-9H,(H2,15,16). The quantitative estimate of drug-likeness (QED) is 0.688. The van der Waals surface area contributed by atoms with Gasteiger partial charge in [-0.25, -0.2) is 4.39 Å². The largest absolute Gasteiger partial charge is 0.382 e. The maximum atomic E-state index is 13.5. The van der Waals surface area contributed by atoms with Gasteiger partial charge in [-0.15, -0.1) is 4.40 Å². The van der Waals surface area contributed by atoms with E-state index in [0.29, 0.717) is 0 Å². The van der Waals surface area contributed by atoms with Gasteiger partial charge in [0.2, 0.25) is 0 Å². The molecular formula is C13H11FN2O2S. The van der Waals surface area contributed by atoms with Crippen molar-refractivity contribution in [2.75, 3.05) is 0 Å². The van der Waals surface area contributed by atoms with E-state index in [1.54, 1.807) is 24.3 Å². The van der Waals surface area contributed by atoms with Crippen molar-refractivity contribution in [3.05, 3.63) is 66.0 Å². The molecule has 0 aliphatic carbocycles. The van der Waals surface area contributed by atoms with Crippen molar-refractivity contribution >= 4 is 15.9 Å². The van der Waals surface area contributed by atoms with Gasteiger partial charge in [-0.3, -0.25) is 0 Å². The summed E-state index contributed by atoms with van der Waals surface area (Å²) in [6.07, 6.45) is 0. The lowest BCUT2D eigenvalue weighted by Crippen LogP contribution is -2.17. The van der Waals surface area contributed by atoms with Crippen LogP contribution in [0.25, 0.3) is 0 Å². The Balaban J connectivity index is 2.45. The molecule has 0 fully saturated rings. The smallest absolute Gasteiger partial charge is 0.284 e. The maximum Gasteiger partial charge on any atom is 0.284 e. The minimum atomic E-state index is -3.93. The van der Waals surface area contributed by atoms with Crippen LogP contribution >= 0.6 is 0 Å². The lowest BCUT2D eigenvalue weighted by atomic mass is 10.2. The molecule has 0 aliphatic rings. The van der Waals surface area contributed by atoms with Crippen molar-refractivity contribution in [3.8, 4) is 0 Å². The summed E-state index contributed by atoms with van der Waals surface area (Å²) in [6.45, 7) is 0. The minimum absolute atomic E-state index is 0.00860. The predicted molar refractivity (Wildman–Crippen MR) is 70.8 cm³/mol. The molecule has 2 N–H and O–H groups in total. The van der Waals surface area contributed by atoms with E-state index in [4.69, 9.17) is 5.73 Å². The molecule has 0 atom stereocenters. The SMILES string of the molecule is N/C(=N/S(=O)(=O)c1ccccc1)c1ccccc1F. The Labute approximate surface area is 110 Å². The normalized spacial score (nSPS) is 12.4. The zero-order valence-electron chi connectivity index (χ0n) is 9.82. The minimum Gasteiger partial charge on any atom is -0.382 e. The first kappa shape index (κ1) is 13.2. The Bertz CT molecular complexity index is 712. The number of benzene rings is 2. The Morgan fingerprint density at radius 2 is 1.58 bits per heavy atom. The number of halogens is 1. The zero-order chi connectivity index (χ0) is 13.9. The van der Waals surface area contributed by atoms with Gasteiger partial charge in [0.15, 0.2) is 0 Å². The van der Waals surface area contributed by atoms with E-state index in [1.165, 1.54) is 30.3 Å². The summed E-state index contributed by atoms with van der Waals surface area (Å²) in [6, 6.07) is 13.2. The van der Waals surface area contributed by atoms with E-state index in [-0.39, 0.29) is 16.3 Å². The molecule has 0 heterocycles. The molecule has 4 nitrogen and oxygen atoms in total. The van der Waals surface area contributed by atoms with Crippen LogP contribution in [-0.2, 0) is 10.0 Å². The second kappa shape index (κ2) is 5.19. The number of hydrogen-bond acceptors (Lipinski definition) is 2. The second-order valence-corrected chi connectivity index (χ2v) is 5.35. The molecular weight excluding hydrogens is 267 g/mol. The number of rotatable bonds is 3. The van der Waals surface area contributed by atoms with Gasteiger partial charge in [0.25, 0.3) is 10.0 Å². The van der Waals surface area contributed by atoms with Crippen molar-refractivity contribution in [1.82, 2.24) is 0 Å². The second-order valence-electron chi connectivity index (χ2n) is 3.74. The molecule has 0 aliphatic heterocycles. The fourth-order valence-corrected chi connectivity index (χ4v) is 2.46. The van der Waals surface area contributed by atoms with Gasteiger partial charge in [0.05, 0.1) is 10.5 Å². The number of nitrogens with two attached hydrogens (primary N) is 1. The fraction of sp³-hybridized carbons (Fsp3) is 0. The van der Waals surface area contributed by atoms with Gasteiger partial charge in [-0.1, -0.05) is 30.3 Å². The first-order chi connectivity index (χ1) is 9.00. The summed E-state index contributed by atoms with van der Waals surface area (Å²) in [5, 5.41) is 0. The van der Waals surface area contributed by atoms with Crippen LogP contribution in [0.3, 0.4) is 0 Å². The van der Waals surface area contributed by atoms with Gasteiger partial charge in [-0.2, -0.15) is 8.42 Å². The summed E-state index contributed by atoms with van der Waals surface area (Å²) in [7, 11) is -3.93. The predicted octanol–water partition coefficient (Wildman–Crippen LogP) is 1.92. The van der Waals surface area contributed by atoms with Gasteiger partial charge in [-0.05, 0) is 24.3 Å². The van der Waals surface area contributed by atoms with Crippen molar-refractivity contribution in [2.24, 2.45) is 10.1 Å². The fourth-order valence-electron chi connectivity index (χ4n) is 1.49. The monoisotopic (exact) mass is 278 g/mol. The molecule has 0 aromatic heterocycles. The van der Waals surface area contributed by atoms with E-state index < -0.39 is 15.8 Å². The Kier molecular flexibility index (Phi) is 3.62. The molecule has 19 heavy (non-hydrogen) atoms. The maximum absolute atomic E-state index is 13.5. The van der Waals surface area contributed by atoms with E-state index in [2.05, 4.69) is 4.40 Å². The number of nitrogens with zero attached hydrogens (tertiary/aromatic N) is 1. The lowest BCUT2D eigenvalue weighted by Gasteiger charge is -2.03. The molecule has 0 bridgehead atoms. The Morgan fingerprint density at radius 1 is 1.00 bits per heavy atom. The number of hydrogen-bond donors (Lipinski definition) is 1. The van der Waals surface area contributed by atoms with E-state index >= 15 is 0 Å². The highest BCUT2D eigenvalue weighted by atomic mass is 32.2. The first-order valence-electron chi connectivity index (χ1n) is 5.41. The molecule has 6 heteroatoms. The summed E-state index contributed by atoms with van der Waals surface area (Å²) in [5.74, 6) is -0.992. The highest BCUT2D eigenvalue weighted by Gasteiger charge is 2.14. The molecule has 0 saturated carbocycles. The molecule has 98 valence electrons. The summed E-state index contributed by atoms with van der Waals surface area (Å²) < 4.78 is 40.8. The van der Waals surface area contributed by atoms with Crippen molar-refractivity contribution in [3.63, 3.8) is 0 Å². The number of amidine groups is 1. The Hall–Kier alpha value is -2.21. The molecule has 0 radical (unpaired) electrons. The van der Waals surface area contributed by atoms with Crippen molar-refractivity contribution < 1.29 is 12.8 Å². The third-order valence-corrected chi connectivity index (χ3v) is 3.71. The molecule has 2 rings (SSSR count). The zero-order valence-corrected chi connectivity index (χ0v) is 10.6. The van der Waals surface area contributed by atoms with Crippen molar-refractivity contribution in [1.29, 1.82) is 0 Å². The van der Waals surface area contributed by atoms with E-state index in [1.807, 2.05) is 0 Å². The molecule has 2 aromatic rings. The third kappa shape index (κ3) is 2.97. The summed E-state index contributed by atoms with van der Waals surface area (Å²) >= 11 is 0. The van der Waals surface area contributed by atoms with Gasteiger partial charge in [0, 0.05) is 0 Å². The summed E-state index contributed by atoms with van der Waals surface area (Å²) in [4.78, 5) is 0.00860. The van der Waals surface area contributed by atoms with Gasteiger partial charge >= 0.3 is 0 Å². The van der Waals surface area contributed by atoms with Gasteiger partial charge in [0.1, 0.15) is 11.7 Å². The van der Waals surface area contributed by atoms with Crippen LogP contribution < -0.4 is 5.73 Å². The highest BCUT2D eigenvalue weighted by molar-refractivity contribution is 7.90. The lowest BCUT2D eigenvalue weighted by molar-refractivity contribution is 0.598. The Morgan fingerprint density at radius 3 is 2.21 bits per heavy atom. The van der Waals surface area contributed by atoms with E-state index in [0.717, 1.165) is 0 Å². The van der Waals surface area contributed by atoms with Crippen LogP contribution in [0.4, 0.5) is 4.39 Å². The van der Waals surface area contributed by atoms with Crippen LogP contribution in [0.5, 0.6) is 0 Å². The van der Waals surface area contributed by atoms with Crippen LogP contribution in [0.2, 0.25) is 0 Å². The van der Waals surface area contributed by atoms with Crippen LogP contribution in [-0.4, -0.2) is 14.3 Å². The van der Waals surface area contributed by atoms with Crippen LogP contribution in [0.1, 0.15) is 5.56 Å². The highest BCUT2D eigenvalue weighted by Crippen LogP contribution is 2.13. The molecule has 0 unspecified atom stereocenters. The van der Waals surface area contributed by atoms with Crippen molar-refractivity contribution in [2.45, 2.75) is 4.90 Å².